The van der Waals surface area contributed by atoms with Crippen molar-refractivity contribution in [2.24, 2.45) is 5.73 Å². The number of rotatable bonds is 6. The van der Waals surface area contributed by atoms with Gasteiger partial charge in [0.05, 0.1) is 13.0 Å². The second-order valence-corrected chi connectivity index (χ2v) is 4.37. The van der Waals surface area contributed by atoms with E-state index in [0.29, 0.717) is 19.6 Å². The van der Waals surface area contributed by atoms with E-state index < -0.39 is 0 Å². The van der Waals surface area contributed by atoms with E-state index in [1.54, 1.807) is 0 Å². The maximum Gasteiger partial charge on any atom is 0.223 e. The number of hydrogen-bond acceptors (Lipinski definition) is 3. The van der Waals surface area contributed by atoms with Gasteiger partial charge < -0.3 is 15.8 Å². The number of nitrogens with two attached hydrogens (primary N) is 1. The fourth-order valence-electron chi connectivity index (χ4n) is 1.66. The molecule has 0 saturated carbocycles. The summed E-state index contributed by atoms with van der Waals surface area (Å²) in [5.41, 5.74) is 7.94. The number of aryl methyl sites for hydroxylation is 1. The van der Waals surface area contributed by atoms with E-state index in [4.69, 9.17) is 10.5 Å². The van der Waals surface area contributed by atoms with E-state index in [-0.39, 0.29) is 11.9 Å². The second kappa shape index (κ2) is 7.01. The Kier molecular flexibility index (Phi) is 5.65. The smallest absolute Gasteiger partial charge is 0.223 e. The third-order valence-corrected chi connectivity index (χ3v) is 2.69. The molecule has 0 aliphatic rings. The molecule has 1 aromatic carbocycles. The largest absolute Gasteiger partial charge is 0.493 e. The van der Waals surface area contributed by atoms with Crippen LogP contribution in [0.5, 0.6) is 5.75 Å². The predicted molar refractivity (Wildman–Crippen MR) is 72.6 cm³/mol. The van der Waals surface area contributed by atoms with Crippen molar-refractivity contribution in [1.82, 2.24) is 5.32 Å². The Morgan fingerprint density at radius 3 is 2.78 bits per heavy atom. The lowest BCUT2D eigenvalue weighted by molar-refractivity contribution is -0.121. The quantitative estimate of drug-likeness (QED) is 0.810. The van der Waals surface area contributed by atoms with Gasteiger partial charge in [-0.1, -0.05) is 12.1 Å². The van der Waals surface area contributed by atoms with Crippen LogP contribution in [0.25, 0.3) is 0 Å². The van der Waals surface area contributed by atoms with Crippen LogP contribution < -0.4 is 15.8 Å². The zero-order valence-corrected chi connectivity index (χ0v) is 11.3. The molecule has 0 aromatic heterocycles. The monoisotopic (exact) mass is 250 g/mol. The maximum absolute atomic E-state index is 11.3. The van der Waals surface area contributed by atoms with Crippen LogP contribution >= 0.6 is 0 Å². The molecular weight excluding hydrogens is 228 g/mol. The third kappa shape index (κ3) is 4.37. The number of amides is 1. The van der Waals surface area contributed by atoms with Crippen molar-refractivity contribution in [3.8, 4) is 5.75 Å². The molecular formula is C14H22N2O2. The van der Waals surface area contributed by atoms with Gasteiger partial charge >= 0.3 is 0 Å². The Labute approximate surface area is 109 Å². The Hall–Kier alpha value is -1.55. The van der Waals surface area contributed by atoms with E-state index in [1.165, 1.54) is 0 Å². The Bertz CT molecular complexity index is 403. The van der Waals surface area contributed by atoms with Gasteiger partial charge in [-0.15, -0.1) is 0 Å². The first-order chi connectivity index (χ1) is 8.54. The molecule has 100 valence electrons. The van der Waals surface area contributed by atoms with Crippen LogP contribution in [0.1, 0.15) is 37.4 Å². The normalized spacial score (nSPS) is 12.0. The van der Waals surface area contributed by atoms with Crippen LogP contribution in [0.4, 0.5) is 0 Å². The molecule has 0 radical (unpaired) electrons. The van der Waals surface area contributed by atoms with Crippen LogP contribution in [0, 0.1) is 6.92 Å². The van der Waals surface area contributed by atoms with E-state index in [2.05, 4.69) is 5.32 Å². The first-order valence-corrected chi connectivity index (χ1v) is 6.30. The molecule has 1 atom stereocenters. The van der Waals surface area contributed by atoms with Gasteiger partial charge in [-0.2, -0.15) is 0 Å². The lowest BCUT2D eigenvalue weighted by Gasteiger charge is -2.12. The van der Waals surface area contributed by atoms with Crippen molar-refractivity contribution < 1.29 is 9.53 Å². The molecule has 1 aromatic rings. The molecule has 1 rings (SSSR count). The van der Waals surface area contributed by atoms with Gasteiger partial charge in [0.2, 0.25) is 5.91 Å². The van der Waals surface area contributed by atoms with Crippen molar-refractivity contribution in [3.63, 3.8) is 0 Å². The van der Waals surface area contributed by atoms with Crippen molar-refractivity contribution >= 4 is 5.91 Å². The molecule has 3 N–H and O–H groups in total. The number of carbonyl (C=O) groups excluding carboxylic acids is 1. The van der Waals surface area contributed by atoms with Gasteiger partial charge in [-0.05, 0) is 38.0 Å². The highest BCUT2D eigenvalue weighted by atomic mass is 16.5. The van der Waals surface area contributed by atoms with Crippen LogP contribution in [0.3, 0.4) is 0 Å². The summed E-state index contributed by atoms with van der Waals surface area (Å²) < 4.78 is 5.59. The van der Waals surface area contributed by atoms with E-state index in [0.717, 1.165) is 16.9 Å². The van der Waals surface area contributed by atoms with Gasteiger partial charge in [0.15, 0.2) is 0 Å². The average Bonchev–Trinajstić information content (AvgIpc) is 2.31. The molecule has 4 heteroatoms. The summed E-state index contributed by atoms with van der Waals surface area (Å²) in [7, 11) is 0. The van der Waals surface area contributed by atoms with E-state index >= 15 is 0 Å². The SMILES string of the molecule is CCNC(=O)CCOc1ccc(C(C)N)cc1C. The first kappa shape index (κ1) is 14.5. The molecule has 0 aliphatic carbocycles. The number of hydrogen-bond donors (Lipinski definition) is 2. The summed E-state index contributed by atoms with van der Waals surface area (Å²) in [5.74, 6) is 0.825. The summed E-state index contributed by atoms with van der Waals surface area (Å²) in [4.78, 5) is 11.3. The zero-order valence-electron chi connectivity index (χ0n) is 11.3. The van der Waals surface area contributed by atoms with Crippen LogP contribution in [0.2, 0.25) is 0 Å². The highest BCUT2D eigenvalue weighted by Gasteiger charge is 2.05. The van der Waals surface area contributed by atoms with Crippen LogP contribution in [-0.4, -0.2) is 19.1 Å². The molecule has 0 saturated heterocycles. The standard InChI is InChI=1S/C14H22N2O2/c1-4-16-14(17)7-8-18-13-6-5-12(11(3)15)9-10(13)2/h5-6,9,11H,4,7-8,15H2,1-3H3,(H,16,17). The fourth-order valence-corrected chi connectivity index (χ4v) is 1.66. The van der Waals surface area contributed by atoms with Crippen LogP contribution in [0.15, 0.2) is 18.2 Å². The minimum Gasteiger partial charge on any atom is -0.493 e. The average molecular weight is 250 g/mol. The van der Waals surface area contributed by atoms with E-state index in [1.807, 2.05) is 39.0 Å². The minimum absolute atomic E-state index is 0.0161. The van der Waals surface area contributed by atoms with Crippen LogP contribution in [-0.2, 0) is 4.79 Å². The summed E-state index contributed by atoms with van der Waals surface area (Å²) in [6, 6.07) is 5.91. The highest BCUT2D eigenvalue weighted by Crippen LogP contribution is 2.21. The van der Waals surface area contributed by atoms with Crippen molar-refractivity contribution in [2.45, 2.75) is 33.2 Å². The predicted octanol–water partition coefficient (Wildman–Crippen LogP) is 1.92. The lowest BCUT2D eigenvalue weighted by Crippen LogP contribution is -2.24. The topological polar surface area (TPSA) is 64.3 Å². The maximum atomic E-state index is 11.3. The van der Waals surface area contributed by atoms with Crippen molar-refractivity contribution in [1.29, 1.82) is 0 Å². The zero-order chi connectivity index (χ0) is 13.5. The lowest BCUT2D eigenvalue weighted by atomic mass is 10.1. The Morgan fingerprint density at radius 2 is 2.22 bits per heavy atom. The number of benzene rings is 1. The van der Waals surface area contributed by atoms with Gasteiger partial charge in [0.1, 0.15) is 5.75 Å². The molecule has 4 nitrogen and oxygen atoms in total. The highest BCUT2D eigenvalue weighted by molar-refractivity contribution is 5.75. The number of nitrogens with one attached hydrogen (secondary N) is 1. The van der Waals surface area contributed by atoms with Gasteiger partial charge in [0.25, 0.3) is 0 Å². The number of ether oxygens (including phenoxy) is 1. The molecule has 0 heterocycles. The summed E-state index contributed by atoms with van der Waals surface area (Å²) in [6.07, 6.45) is 0.377. The van der Waals surface area contributed by atoms with Gasteiger partial charge in [-0.25, -0.2) is 0 Å². The molecule has 0 fully saturated rings. The molecule has 0 spiro atoms. The third-order valence-electron chi connectivity index (χ3n) is 2.69. The molecule has 0 aliphatic heterocycles. The fraction of sp³-hybridized carbons (Fsp3) is 0.500. The molecule has 1 unspecified atom stereocenters. The Balaban J connectivity index is 2.50. The summed E-state index contributed by atoms with van der Waals surface area (Å²) in [6.45, 7) is 6.87. The molecule has 1 amide bonds. The number of carbonyl (C=O) groups is 1. The van der Waals surface area contributed by atoms with Gasteiger partial charge in [0, 0.05) is 12.6 Å². The van der Waals surface area contributed by atoms with E-state index in [9.17, 15) is 4.79 Å². The van der Waals surface area contributed by atoms with Crippen molar-refractivity contribution in [2.75, 3.05) is 13.2 Å². The molecule has 18 heavy (non-hydrogen) atoms. The second-order valence-electron chi connectivity index (χ2n) is 4.37. The first-order valence-electron chi connectivity index (χ1n) is 6.30. The summed E-state index contributed by atoms with van der Waals surface area (Å²) in [5, 5.41) is 2.73. The van der Waals surface area contributed by atoms with Gasteiger partial charge in [-0.3, -0.25) is 4.79 Å². The van der Waals surface area contributed by atoms with Crippen molar-refractivity contribution in [3.05, 3.63) is 29.3 Å². The minimum atomic E-state index is 0.0161. The molecule has 0 bridgehead atoms. The summed E-state index contributed by atoms with van der Waals surface area (Å²) >= 11 is 0. The Morgan fingerprint density at radius 1 is 1.50 bits per heavy atom.